The van der Waals surface area contributed by atoms with Crippen molar-refractivity contribution < 1.29 is 4.74 Å². The van der Waals surface area contributed by atoms with Gasteiger partial charge in [0.1, 0.15) is 0 Å². The number of aromatic nitrogens is 1. The van der Waals surface area contributed by atoms with Gasteiger partial charge < -0.3 is 10.1 Å². The van der Waals surface area contributed by atoms with Crippen molar-refractivity contribution in [3.05, 3.63) is 29.6 Å². The van der Waals surface area contributed by atoms with E-state index in [0.29, 0.717) is 0 Å². The van der Waals surface area contributed by atoms with Crippen LogP contribution in [0.3, 0.4) is 0 Å². The van der Waals surface area contributed by atoms with Gasteiger partial charge in [0.25, 0.3) is 0 Å². The summed E-state index contributed by atoms with van der Waals surface area (Å²) in [4.78, 5) is 4.21. The lowest BCUT2D eigenvalue weighted by Crippen LogP contribution is -2.39. The van der Waals surface area contributed by atoms with Crippen molar-refractivity contribution in [3.8, 4) is 0 Å². The number of nitrogens with one attached hydrogen (secondary N) is 1. The van der Waals surface area contributed by atoms with Crippen LogP contribution >= 0.6 is 0 Å². The smallest absolute Gasteiger partial charge is 0.0817 e. The van der Waals surface area contributed by atoms with Gasteiger partial charge in [0.15, 0.2) is 0 Å². The fourth-order valence-corrected chi connectivity index (χ4v) is 1.77. The van der Waals surface area contributed by atoms with Crippen molar-refractivity contribution >= 4 is 0 Å². The standard InChI is InChI=1S/C12H20N2O/c1-9-6-10(8-14-7-9)11(13-4)12(2,3)15-5/h6-8,11,13H,1-5H3. The number of methoxy groups -OCH3 is 1. The molecule has 0 bridgehead atoms. The highest BCUT2D eigenvalue weighted by molar-refractivity contribution is 5.22. The second-order valence-electron chi connectivity index (χ2n) is 4.32. The van der Waals surface area contributed by atoms with Crippen molar-refractivity contribution in [3.63, 3.8) is 0 Å². The Kier molecular flexibility index (Phi) is 3.83. The Morgan fingerprint density at radius 3 is 2.53 bits per heavy atom. The Balaban J connectivity index is 3.02. The van der Waals surface area contributed by atoms with Crippen molar-refractivity contribution in [2.24, 2.45) is 0 Å². The van der Waals surface area contributed by atoms with Crippen LogP contribution in [0.5, 0.6) is 0 Å². The molecule has 0 aliphatic rings. The average Bonchev–Trinajstić information content (AvgIpc) is 2.18. The van der Waals surface area contributed by atoms with Crippen molar-refractivity contribution in [1.82, 2.24) is 10.3 Å². The number of ether oxygens (including phenoxy) is 1. The largest absolute Gasteiger partial charge is 0.377 e. The molecule has 0 amide bonds. The van der Waals surface area contributed by atoms with Crippen LogP contribution in [-0.2, 0) is 4.74 Å². The topological polar surface area (TPSA) is 34.2 Å². The van der Waals surface area contributed by atoms with Gasteiger partial charge in [-0.15, -0.1) is 0 Å². The minimum Gasteiger partial charge on any atom is -0.377 e. The highest BCUT2D eigenvalue weighted by Gasteiger charge is 2.29. The maximum absolute atomic E-state index is 5.49. The Morgan fingerprint density at radius 1 is 1.40 bits per heavy atom. The minimum atomic E-state index is -0.246. The van der Waals surface area contributed by atoms with E-state index in [2.05, 4.69) is 30.2 Å². The number of aryl methyl sites for hydroxylation is 1. The molecular formula is C12H20N2O. The summed E-state index contributed by atoms with van der Waals surface area (Å²) in [5.74, 6) is 0. The fraction of sp³-hybridized carbons (Fsp3) is 0.583. The normalized spacial score (nSPS) is 13.9. The molecule has 84 valence electrons. The summed E-state index contributed by atoms with van der Waals surface area (Å²) < 4.78 is 5.49. The summed E-state index contributed by atoms with van der Waals surface area (Å²) in [5.41, 5.74) is 2.08. The Hall–Kier alpha value is -0.930. The third-order valence-electron chi connectivity index (χ3n) is 2.74. The van der Waals surface area contributed by atoms with Crippen LogP contribution in [0.25, 0.3) is 0 Å². The van der Waals surface area contributed by atoms with Gasteiger partial charge in [-0.3, -0.25) is 4.98 Å². The molecule has 0 aromatic carbocycles. The molecule has 0 spiro atoms. The van der Waals surface area contributed by atoms with Crippen LogP contribution in [0.1, 0.15) is 31.0 Å². The molecule has 3 heteroatoms. The molecule has 3 nitrogen and oxygen atoms in total. The third kappa shape index (κ3) is 2.76. The number of likely N-dealkylation sites (N-methyl/N-ethyl adjacent to an activating group) is 1. The Morgan fingerprint density at radius 2 is 2.07 bits per heavy atom. The third-order valence-corrected chi connectivity index (χ3v) is 2.74. The van der Waals surface area contributed by atoms with Crippen molar-refractivity contribution in [2.75, 3.05) is 14.2 Å². The number of pyridine rings is 1. The predicted molar refractivity (Wildman–Crippen MR) is 61.9 cm³/mol. The van der Waals surface area contributed by atoms with E-state index in [-0.39, 0.29) is 11.6 Å². The molecule has 1 heterocycles. The zero-order valence-electron chi connectivity index (χ0n) is 10.2. The molecule has 0 saturated carbocycles. The van der Waals surface area contributed by atoms with Gasteiger partial charge in [0.05, 0.1) is 11.6 Å². The molecule has 1 rings (SSSR count). The SMILES string of the molecule is CNC(c1cncc(C)c1)C(C)(C)OC. The lowest BCUT2D eigenvalue weighted by molar-refractivity contribution is -0.00908. The zero-order valence-corrected chi connectivity index (χ0v) is 10.2. The first-order valence-corrected chi connectivity index (χ1v) is 5.15. The van der Waals surface area contributed by atoms with E-state index in [9.17, 15) is 0 Å². The van der Waals surface area contributed by atoms with Crippen LogP contribution in [0.2, 0.25) is 0 Å². The van der Waals surface area contributed by atoms with Gasteiger partial charge in [-0.25, -0.2) is 0 Å². The number of hydrogen-bond acceptors (Lipinski definition) is 3. The summed E-state index contributed by atoms with van der Waals surface area (Å²) in [6, 6.07) is 2.28. The van der Waals surface area contributed by atoms with E-state index in [1.165, 1.54) is 5.56 Å². The second kappa shape index (κ2) is 4.73. The molecule has 1 N–H and O–H groups in total. The van der Waals surface area contributed by atoms with E-state index in [1.807, 2.05) is 26.4 Å². The average molecular weight is 208 g/mol. The molecule has 1 atom stereocenters. The summed E-state index contributed by atoms with van der Waals surface area (Å²) >= 11 is 0. The first-order chi connectivity index (χ1) is 7.01. The highest BCUT2D eigenvalue weighted by atomic mass is 16.5. The summed E-state index contributed by atoms with van der Waals surface area (Å²) in [6.45, 7) is 6.18. The molecule has 1 unspecified atom stereocenters. The Labute approximate surface area is 91.9 Å². The van der Waals surface area contributed by atoms with E-state index < -0.39 is 0 Å². The van der Waals surface area contributed by atoms with Crippen LogP contribution in [0, 0.1) is 6.92 Å². The van der Waals surface area contributed by atoms with Crippen LogP contribution in [-0.4, -0.2) is 24.7 Å². The van der Waals surface area contributed by atoms with Crippen molar-refractivity contribution in [2.45, 2.75) is 32.4 Å². The highest BCUT2D eigenvalue weighted by Crippen LogP contribution is 2.27. The molecule has 15 heavy (non-hydrogen) atoms. The molecule has 0 radical (unpaired) electrons. The Bertz CT molecular complexity index is 323. The molecule has 1 aromatic heterocycles. The first-order valence-electron chi connectivity index (χ1n) is 5.15. The molecule has 0 fully saturated rings. The van der Waals surface area contributed by atoms with Crippen molar-refractivity contribution in [1.29, 1.82) is 0 Å². The first kappa shape index (κ1) is 12.1. The molecule has 0 aliphatic heterocycles. The monoisotopic (exact) mass is 208 g/mol. The van der Waals surface area contributed by atoms with E-state index in [0.717, 1.165) is 5.56 Å². The van der Waals surface area contributed by atoms with Gasteiger partial charge in [-0.2, -0.15) is 0 Å². The molecular weight excluding hydrogens is 188 g/mol. The van der Waals surface area contributed by atoms with Crippen LogP contribution < -0.4 is 5.32 Å². The quantitative estimate of drug-likeness (QED) is 0.822. The summed E-state index contributed by atoms with van der Waals surface area (Å²) in [5, 5.41) is 3.27. The van der Waals surface area contributed by atoms with Crippen LogP contribution in [0.15, 0.2) is 18.5 Å². The van der Waals surface area contributed by atoms with E-state index in [4.69, 9.17) is 4.74 Å². The zero-order chi connectivity index (χ0) is 11.5. The molecule has 1 aromatic rings. The summed E-state index contributed by atoms with van der Waals surface area (Å²) in [7, 11) is 3.67. The maximum atomic E-state index is 5.49. The van der Waals surface area contributed by atoms with E-state index in [1.54, 1.807) is 7.11 Å². The van der Waals surface area contributed by atoms with Gasteiger partial charge in [-0.05, 0) is 38.9 Å². The van der Waals surface area contributed by atoms with E-state index >= 15 is 0 Å². The number of nitrogens with zero attached hydrogens (tertiary/aromatic N) is 1. The molecule has 0 saturated heterocycles. The van der Waals surface area contributed by atoms with Gasteiger partial charge in [-0.1, -0.05) is 6.07 Å². The van der Waals surface area contributed by atoms with Gasteiger partial charge in [0.2, 0.25) is 0 Å². The second-order valence-corrected chi connectivity index (χ2v) is 4.32. The van der Waals surface area contributed by atoms with Gasteiger partial charge >= 0.3 is 0 Å². The number of rotatable bonds is 4. The number of hydrogen-bond donors (Lipinski definition) is 1. The maximum Gasteiger partial charge on any atom is 0.0817 e. The predicted octanol–water partition coefficient (Wildman–Crippen LogP) is 2.08. The molecule has 0 aliphatic carbocycles. The lowest BCUT2D eigenvalue weighted by atomic mass is 9.92. The lowest BCUT2D eigenvalue weighted by Gasteiger charge is -2.33. The minimum absolute atomic E-state index is 0.148. The van der Waals surface area contributed by atoms with Crippen LogP contribution in [0.4, 0.5) is 0 Å². The summed E-state index contributed by atoms with van der Waals surface area (Å²) in [6.07, 6.45) is 3.74. The van der Waals surface area contributed by atoms with Gasteiger partial charge in [0, 0.05) is 19.5 Å². The fourth-order valence-electron chi connectivity index (χ4n) is 1.77.